The number of rotatable bonds is 3. The summed E-state index contributed by atoms with van der Waals surface area (Å²) in [7, 11) is 0. The van der Waals surface area contributed by atoms with Gasteiger partial charge in [-0.15, -0.1) is 0 Å². The molecule has 2 N–H and O–H groups in total. The van der Waals surface area contributed by atoms with E-state index in [9.17, 15) is 4.79 Å². The summed E-state index contributed by atoms with van der Waals surface area (Å²) in [4.78, 5) is 14.0. The summed E-state index contributed by atoms with van der Waals surface area (Å²) >= 11 is 0. The van der Waals surface area contributed by atoms with Crippen molar-refractivity contribution in [1.82, 2.24) is 4.98 Å². The third-order valence-electron chi connectivity index (χ3n) is 1.17. The molecule has 1 aromatic heterocycles. The maximum atomic E-state index is 10.3. The fourth-order valence-corrected chi connectivity index (χ4v) is 0.567. The molecule has 1 heterocycles. The molecule has 1 aromatic rings. The minimum atomic E-state index is -0.923. The number of nitrogens with one attached hydrogen (secondary N) is 1. The molecule has 1 rings (SSSR count). The first-order chi connectivity index (χ1) is 5.20. The molecule has 0 aliphatic carbocycles. The SMILES string of the molecule is CC(Nc1cocn1)C(=O)O. The summed E-state index contributed by atoms with van der Waals surface area (Å²) in [6, 6.07) is -0.653. The van der Waals surface area contributed by atoms with Crippen molar-refractivity contribution in [2.75, 3.05) is 5.32 Å². The van der Waals surface area contributed by atoms with E-state index in [0.717, 1.165) is 0 Å². The number of aromatic nitrogens is 1. The molecule has 0 amide bonds. The van der Waals surface area contributed by atoms with Crippen molar-refractivity contribution < 1.29 is 14.3 Å². The lowest BCUT2D eigenvalue weighted by Gasteiger charge is -2.05. The molecule has 5 heteroatoms. The third-order valence-corrected chi connectivity index (χ3v) is 1.17. The summed E-state index contributed by atoms with van der Waals surface area (Å²) in [6.45, 7) is 1.52. The quantitative estimate of drug-likeness (QED) is 0.668. The van der Waals surface area contributed by atoms with E-state index in [1.54, 1.807) is 0 Å². The van der Waals surface area contributed by atoms with E-state index in [1.807, 2.05) is 0 Å². The first-order valence-electron chi connectivity index (χ1n) is 3.07. The molecular weight excluding hydrogens is 148 g/mol. The summed E-state index contributed by atoms with van der Waals surface area (Å²) in [5, 5.41) is 11.1. The van der Waals surface area contributed by atoms with Crippen molar-refractivity contribution in [3.8, 4) is 0 Å². The van der Waals surface area contributed by atoms with Gasteiger partial charge in [0.2, 0.25) is 0 Å². The van der Waals surface area contributed by atoms with E-state index in [0.29, 0.717) is 5.82 Å². The van der Waals surface area contributed by atoms with Crippen LogP contribution in [0.15, 0.2) is 17.1 Å². The molecule has 0 radical (unpaired) electrons. The number of oxazole rings is 1. The number of carboxylic acid groups (broad SMARTS) is 1. The highest BCUT2D eigenvalue weighted by molar-refractivity contribution is 5.76. The molecule has 0 fully saturated rings. The zero-order valence-corrected chi connectivity index (χ0v) is 5.94. The third kappa shape index (κ3) is 1.96. The van der Waals surface area contributed by atoms with Crippen LogP contribution in [-0.2, 0) is 4.79 Å². The van der Waals surface area contributed by atoms with Crippen LogP contribution < -0.4 is 5.32 Å². The maximum absolute atomic E-state index is 10.3. The second-order valence-corrected chi connectivity index (χ2v) is 2.08. The van der Waals surface area contributed by atoms with Crippen molar-refractivity contribution in [3.05, 3.63) is 12.7 Å². The molecule has 0 aliphatic heterocycles. The second kappa shape index (κ2) is 3.05. The van der Waals surface area contributed by atoms with Crippen LogP contribution in [-0.4, -0.2) is 22.1 Å². The summed E-state index contributed by atoms with van der Waals surface area (Å²) in [5.41, 5.74) is 0. The van der Waals surface area contributed by atoms with Crippen LogP contribution in [0.25, 0.3) is 0 Å². The summed E-state index contributed by atoms with van der Waals surface area (Å²) in [6.07, 6.45) is 2.58. The van der Waals surface area contributed by atoms with Gasteiger partial charge in [0.25, 0.3) is 0 Å². The number of hydrogen-bond acceptors (Lipinski definition) is 4. The Morgan fingerprint density at radius 3 is 3.09 bits per heavy atom. The van der Waals surface area contributed by atoms with E-state index in [1.165, 1.54) is 19.6 Å². The maximum Gasteiger partial charge on any atom is 0.325 e. The molecule has 11 heavy (non-hydrogen) atoms. The molecule has 1 atom stereocenters. The molecule has 0 saturated heterocycles. The molecule has 0 aromatic carbocycles. The fourth-order valence-electron chi connectivity index (χ4n) is 0.567. The Hall–Kier alpha value is -1.52. The minimum absolute atomic E-state index is 0.430. The number of anilines is 1. The van der Waals surface area contributed by atoms with Gasteiger partial charge in [-0.1, -0.05) is 0 Å². The molecule has 0 saturated carbocycles. The van der Waals surface area contributed by atoms with Gasteiger partial charge < -0.3 is 14.8 Å². The molecule has 0 aliphatic rings. The predicted molar refractivity (Wildman–Crippen MR) is 37.2 cm³/mol. The first kappa shape index (κ1) is 7.59. The number of nitrogens with zero attached hydrogens (tertiary/aromatic N) is 1. The fraction of sp³-hybridized carbons (Fsp3) is 0.333. The van der Waals surface area contributed by atoms with Crippen molar-refractivity contribution in [3.63, 3.8) is 0 Å². The van der Waals surface area contributed by atoms with E-state index >= 15 is 0 Å². The molecule has 0 spiro atoms. The van der Waals surface area contributed by atoms with Gasteiger partial charge in [0, 0.05) is 0 Å². The van der Waals surface area contributed by atoms with Gasteiger partial charge in [-0.25, -0.2) is 0 Å². The highest BCUT2D eigenvalue weighted by atomic mass is 16.4. The van der Waals surface area contributed by atoms with E-state index < -0.39 is 12.0 Å². The first-order valence-corrected chi connectivity index (χ1v) is 3.07. The van der Waals surface area contributed by atoms with Crippen molar-refractivity contribution >= 4 is 11.8 Å². The Labute approximate surface area is 63.0 Å². The molecular formula is C6H8N2O3. The lowest BCUT2D eigenvalue weighted by molar-refractivity contribution is -0.137. The normalized spacial score (nSPS) is 12.5. The monoisotopic (exact) mass is 156 g/mol. The van der Waals surface area contributed by atoms with E-state index in [-0.39, 0.29) is 0 Å². The largest absolute Gasteiger partial charge is 0.480 e. The van der Waals surface area contributed by atoms with Gasteiger partial charge in [-0.05, 0) is 6.92 Å². The number of aliphatic carboxylic acids is 1. The predicted octanol–water partition coefficient (Wildman–Crippen LogP) is 0.560. The topological polar surface area (TPSA) is 75.4 Å². The average Bonchev–Trinajstić information content (AvgIpc) is 2.39. The summed E-state index contributed by atoms with van der Waals surface area (Å²) in [5.74, 6) is -0.493. The Morgan fingerprint density at radius 2 is 2.64 bits per heavy atom. The lowest BCUT2D eigenvalue weighted by Crippen LogP contribution is -2.25. The molecule has 1 unspecified atom stereocenters. The summed E-state index contributed by atoms with van der Waals surface area (Å²) < 4.78 is 4.63. The van der Waals surface area contributed by atoms with Crippen LogP contribution >= 0.6 is 0 Å². The Kier molecular flexibility index (Phi) is 2.10. The van der Waals surface area contributed by atoms with Gasteiger partial charge in [0.05, 0.1) is 0 Å². The van der Waals surface area contributed by atoms with Gasteiger partial charge >= 0.3 is 5.97 Å². The van der Waals surface area contributed by atoms with Crippen molar-refractivity contribution in [1.29, 1.82) is 0 Å². The van der Waals surface area contributed by atoms with Gasteiger partial charge in [0.1, 0.15) is 12.3 Å². The Bertz CT molecular complexity index is 232. The lowest BCUT2D eigenvalue weighted by atomic mass is 10.3. The second-order valence-electron chi connectivity index (χ2n) is 2.08. The van der Waals surface area contributed by atoms with E-state index in [2.05, 4.69) is 14.7 Å². The van der Waals surface area contributed by atoms with Crippen molar-refractivity contribution in [2.24, 2.45) is 0 Å². The zero-order chi connectivity index (χ0) is 8.27. The zero-order valence-electron chi connectivity index (χ0n) is 5.94. The van der Waals surface area contributed by atoms with Crippen molar-refractivity contribution in [2.45, 2.75) is 13.0 Å². The molecule has 5 nitrogen and oxygen atoms in total. The molecule has 0 bridgehead atoms. The van der Waals surface area contributed by atoms with Crippen LogP contribution in [0.3, 0.4) is 0 Å². The highest BCUT2D eigenvalue weighted by Gasteiger charge is 2.10. The Balaban J connectivity index is 2.50. The Morgan fingerprint density at radius 1 is 1.91 bits per heavy atom. The van der Waals surface area contributed by atoms with Crippen LogP contribution in [0.5, 0.6) is 0 Å². The molecule has 60 valence electrons. The number of carboxylic acids is 1. The number of hydrogen-bond donors (Lipinski definition) is 2. The van der Waals surface area contributed by atoms with Crippen LogP contribution in [0.1, 0.15) is 6.92 Å². The van der Waals surface area contributed by atoms with E-state index in [4.69, 9.17) is 5.11 Å². The standard InChI is InChI=1S/C6H8N2O3/c1-4(6(9)10)8-5-2-11-3-7-5/h2-4,8H,1H3,(H,9,10). The van der Waals surface area contributed by atoms with Gasteiger partial charge in [-0.3, -0.25) is 4.79 Å². The number of carbonyl (C=O) groups is 1. The van der Waals surface area contributed by atoms with Crippen LogP contribution in [0, 0.1) is 0 Å². The van der Waals surface area contributed by atoms with Crippen LogP contribution in [0.4, 0.5) is 5.82 Å². The smallest absolute Gasteiger partial charge is 0.325 e. The van der Waals surface area contributed by atoms with Gasteiger partial charge in [-0.2, -0.15) is 4.98 Å². The average molecular weight is 156 g/mol. The van der Waals surface area contributed by atoms with Crippen LogP contribution in [0.2, 0.25) is 0 Å². The highest BCUT2D eigenvalue weighted by Crippen LogP contribution is 2.02. The minimum Gasteiger partial charge on any atom is -0.480 e. The van der Waals surface area contributed by atoms with Gasteiger partial charge in [0.15, 0.2) is 12.2 Å².